The lowest BCUT2D eigenvalue weighted by molar-refractivity contribution is -0.123. The van der Waals surface area contributed by atoms with E-state index < -0.39 is 0 Å². The maximum atomic E-state index is 12.9. The fourth-order valence-electron chi connectivity index (χ4n) is 2.79. The molecule has 2 atom stereocenters. The first-order valence-electron chi connectivity index (χ1n) is 8.32. The molecule has 130 valence electrons. The van der Waals surface area contributed by atoms with E-state index >= 15 is 0 Å². The van der Waals surface area contributed by atoms with Crippen molar-refractivity contribution < 1.29 is 14.0 Å². The van der Waals surface area contributed by atoms with Gasteiger partial charge in [0.15, 0.2) is 0 Å². The quantitative estimate of drug-likeness (QED) is 0.811. The first-order valence-corrected chi connectivity index (χ1v) is 8.32. The minimum Gasteiger partial charge on any atom is -0.355 e. The maximum absolute atomic E-state index is 12.9. The molecule has 1 aromatic heterocycles. The van der Waals surface area contributed by atoms with E-state index in [9.17, 15) is 14.0 Å². The van der Waals surface area contributed by atoms with Gasteiger partial charge in [0.05, 0.1) is 0 Å². The van der Waals surface area contributed by atoms with Crippen LogP contribution in [0.1, 0.15) is 29.9 Å². The Labute approximate surface area is 145 Å². The Kier molecular flexibility index (Phi) is 5.38. The lowest BCUT2D eigenvalue weighted by Crippen LogP contribution is -2.31. The monoisotopic (exact) mass is 341 g/mol. The van der Waals surface area contributed by atoms with E-state index in [0.29, 0.717) is 13.1 Å². The van der Waals surface area contributed by atoms with Gasteiger partial charge < -0.3 is 10.6 Å². The SMILES string of the molecule is O=C(CCNC(=O)[C@@H]1C[C@H]1c1ccc(F)cc1)NCc1cccnc1. The molecule has 0 saturated heterocycles. The predicted octanol–water partition coefficient (Wildman–Crippen LogP) is 2.15. The number of rotatable bonds is 7. The van der Waals surface area contributed by atoms with Crippen molar-refractivity contribution in [2.75, 3.05) is 6.54 Å². The third kappa shape index (κ3) is 4.86. The number of aromatic nitrogens is 1. The highest BCUT2D eigenvalue weighted by Gasteiger charge is 2.43. The molecule has 1 fully saturated rings. The normalized spacial score (nSPS) is 18.4. The Bertz CT molecular complexity index is 734. The highest BCUT2D eigenvalue weighted by atomic mass is 19.1. The van der Waals surface area contributed by atoms with Crippen molar-refractivity contribution in [2.24, 2.45) is 5.92 Å². The lowest BCUT2D eigenvalue weighted by atomic mass is 10.1. The predicted molar refractivity (Wildman–Crippen MR) is 91.0 cm³/mol. The summed E-state index contributed by atoms with van der Waals surface area (Å²) in [5.41, 5.74) is 1.91. The van der Waals surface area contributed by atoms with Gasteiger partial charge in [0, 0.05) is 37.8 Å². The third-order valence-corrected chi connectivity index (χ3v) is 4.29. The summed E-state index contributed by atoms with van der Waals surface area (Å²) in [5, 5.41) is 5.59. The molecular weight excluding hydrogens is 321 g/mol. The van der Waals surface area contributed by atoms with E-state index in [4.69, 9.17) is 0 Å². The summed E-state index contributed by atoms with van der Waals surface area (Å²) in [7, 11) is 0. The van der Waals surface area contributed by atoms with E-state index in [-0.39, 0.29) is 35.9 Å². The summed E-state index contributed by atoms with van der Waals surface area (Å²) >= 11 is 0. The average molecular weight is 341 g/mol. The molecule has 0 radical (unpaired) electrons. The summed E-state index contributed by atoms with van der Waals surface area (Å²) in [6.07, 6.45) is 4.38. The van der Waals surface area contributed by atoms with Gasteiger partial charge >= 0.3 is 0 Å². The molecule has 1 aliphatic rings. The molecule has 0 spiro atoms. The number of carbonyl (C=O) groups excluding carboxylic acids is 2. The molecule has 5 nitrogen and oxygen atoms in total. The number of hydrogen-bond acceptors (Lipinski definition) is 3. The number of amides is 2. The number of nitrogens with zero attached hydrogens (tertiary/aromatic N) is 1. The molecule has 0 unspecified atom stereocenters. The van der Waals surface area contributed by atoms with Crippen molar-refractivity contribution in [1.82, 2.24) is 15.6 Å². The van der Waals surface area contributed by atoms with Crippen LogP contribution in [0.3, 0.4) is 0 Å². The second-order valence-corrected chi connectivity index (χ2v) is 6.18. The average Bonchev–Trinajstić information content (AvgIpc) is 3.42. The number of carbonyl (C=O) groups is 2. The number of benzene rings is 1. The summed E-state index contributed by atoms with van der Waals surface area (Å²) < 4.78 is 12.9. The van der Waals surface area contributed by atoms with Crippen LogP contribution in [0.15, 0.2) is 48.8 Å². The number of halogens is 1. The van der Waals surface area contributed by atoms with Gasteiger partial charge in [-0.15, -0.1) is 0 Å². The molecule has 3 rings (SSSR count). The molecule has 2 amide bonds. The second-order valence-electron chi connectivity index (χ2n) is 6.18. The lowest BCUT2D eigenvalue weighted by Gasteiger charge is -2.07. The zero-order chi connectivity index (χ0) is 17.6. The zero-order valence-corrected chi connectivity index (χ0v) is 13.7. The summed E-state index contributed by atoms with van der Waals surface area (Å²) in [4.78, 5) is 27.9. The van der Waals surface area contributed by atoms with Gasteiger partial charge in [-0.05, 0) is 41.7 Å². The summed E-state index contributed by atoms with van der Waals surface area (Å²) in [5.74, 6) is -0.365. The highest BCUT2D eigenvalue weighted by molar-refractivity contribution is 5.83. The van der Waals surface area contributed by atoms with Crippen LogP contribution < -0.4 is 10.6 Å². The summed E-state index contributed by atoms with van der Waals surface area (Å²) in [6.45, 7) is 0.736. The van der Waals surface area contributed by atoms with E-state index in [2.05, 4.69) is 15.6 Å². The smallest absolute Gasteiger partial charge is 0.223 e. The van der Waals surface area contributed by atoms with Gasteiger partial charge in [-0.1, -0.05) is 18.2 Å². The standard InChI is InChI=1S/C19H20FN3O2/c20-15-5-3-14(4-6-15)16-10-17(16)19(25)22-9-7-18(24)23-12-13-2-1-8-21-11-13/h1-6,8,11,16-17H,7,9-10,12H2,(H,22,25)(H,23,24)/t16-,17+/m0/s1. The second kappa shape index (κ2) is 7.88. The third-order valence-electron chi connectivity index (χ3n) is 4.29. The van der Waals surface area contributed by atoms with E-state index in [1.165, 1.54) is 12.1 Å². The molecule has 1 aliphatic carbocycles. The minimum atomic E-state index is -0.275. The van der Waals surface area contributed by atoms with Gasteiger partial charge in [0.25, 0.3) is 0 Å². The van der Waals surface area contributed by atoms with Gasteiger partial charge in [-0.2, -0.15) is 0 Å². The largest absolute Gasteiger partial charge is 0.355 e. The van der Waals surface area contributed by atoms with Crippen LogP contribution in [0, 0.1) is 11.7 Å². The van der Waals surface area contributed by atoms with E-state index in [1.807, 2.05) is 12.1 Å². The molecule has 2 N–H and O–H groups in total. The van der Waals surface area contributed by atoms with E-state index in [1.54, 1.807) is 24.5 Å². The van der Waals surface area contributed by atoms with Crippen molar-refractivity contribution in [1.29, 1.82) is 0 Å². The molecule has 6 heteroatoms. The maximum Gasteiger partial charge on any atom is 0.223 e. The Morgan fingerprint density at radius 3 is 2.68 bits per heavy atom. The first-order chi connectivity index (χ1) is 12.1. The Morgan fingerprint density at radius 2 is 1.96 bits per heavy atom. The number of pyridine rings is 1. The molecule has 1 saturated carbocycles. The molecule has 1 aromatic carbocycles. The van der Waals surface area contributed by atoms with Crippen LogP contribution in [0.2, 0.25) is 0 Å². The Hall–Kier alpha value is -2.76. The van der Waals surface area contributed by atoms with Gasteiger partial charge in [0.1, 0.15) is 5.82 Å². The van der Waals surface area contributed by atoms with E-state index in [0.717, 1.165) is 17.5 Å². The minimum absolute atomic E-state index is 0.0469. The molecule has 0 bridgehead atoms. The molecule has 2 aromatic rings. The topological polar surface area (TPSA) is 71.1 Å². The number of nitrogens with one attached hydrogen (secondary N) is 2. The van der Waals surface area contributed by atoms with Gasteiger partial charge in [0.2, 0.25) is 11.8 Å². The van der Waals surface area contributed by atoms with Crippen molar-refractivity contribution in [3.8, 4) is 0 Å². The van der Waals surface area contributed by atoms with Crippen LogP contribution in [0.4, 0.5) is 4.39 Å². The highest BCUT2D eigenvalue weighted by Crippen LogP contribution is 2.47. The van der Waals surface area contributed by atoms with Crippen LogP contribution in [-0.2, 0) is 16.1 Å². The fraction of sp³-hybridized carbons (Fsp3) is 0.316. The summed E-state index contributed by atoms with van der Waals surface area (Å²) in [6, 6.07) is 9.97. The number of hydrogen-bond donors (Lipinski definition) is 2. The fourth-order valence-corrected chi connectivity index (χ4v) is 2.79. The molecule has 25 heavy (non-hydrogen) atoms. The van der Waals surface area contributed by atoms with Gasteiger partial charge in [-0.25, -0.2) is 4.39 Å². The van der Waals surface area contributed by atoms with Crippen LogP contribution >= 0.6 is 0 Å². The van der Waals surface area contributed by atoms with Crippen molar-refractivity contribution >= 4 is 11.8 Å². The van der Waals surface area contributed by atoms with Crippen molar-refractivity contribution in [2.45, 2.75) is 25.3 Å². The van der Waals surface area contributed by atoms with Crippen LogP contribution in [0.25, 0.3) is 0 Å². The zero-order valence-electron chi connectivity index (χ0n) is 13.7. The van der Waals surface area contributed by atoms with Crippen LogP contribution in [-0.4, -0.2) is 23.3 Å². The first kappa shape index (κ1) is 17.1. The van der Waals surface area contributed by atoms with Gasteiger partial charge in [-0.3, -0.25) is 14.6 Å². The molecule has 0 aliphatic heterocycles. The van der Waals surface area contributed by atoms with Crippen LogP contribution in [0.5, 0.6) is 0 Å². The Balaban J connectivity index is 1.34. The molecule has 1 heterocycles. The van der Waals surface area contributed by atoms with Crippen molar-refractivity contribution in [3.63, 3.8) is 0 Å². The Morgan fingerprint density at radius 1 is 1.16 bits per heavy atom. The van der Waals surface area contributed by atoms with Crippen molar-refractivity contribution in [3.05, 3.63) is 65.7 Å². The molecular formula is C19H20FN3O2.